The van der Waals surface area contributed by atoms with E-state index in [0.717, 1.165) is 11.9 Å². The van der Waals surface area contributed by atoms with Gasteiger partial charge >= 0.3 is 0 Å². The summed E-state index contributed by atoms with van der Waals surface area (Å²) >= 11 is 0. The number of H-pyrrole nitrogens is 1. The average Bonchev–Trinajstić information content (AvgIpc) is 3.22. The number of aromatic nitrogens is 1. The van der Waals surface area contributed by atoms with Gasteiger partial charge in [-0.25, -0.2) is 0 Å². The third-order valence-electron chi connectivity index (χ3n) is 5.30. The van der Waals surface area contributed by atoms with Crippen molar-refractivity contribution >= 4 is 34.1 Å². The second-order valence-electron chi connectivity index (χ2n) is 7.49. The molecule has 0 atom stereocenters. The summed E-state index contributed by atoms with van der Waals surface area (Å²) in [5, 5.41) is 6.92. The van der Waals surface area contributed by atoms with Gasteiger partial charge in [-0.2, -0.15) is 0 Å². The zero-order valence-electron chi connectivity index (χ0n) is 17.9. The van der Waals surface area contributed by atoms with Crippen molar-refractivity contribution in [3.63, 3.8) is 0 Å². The number of aryl methyl sites for hydroxylation is 1. The number of anilines is 2. The Morgan fingerprint density at radius 1 is 0.938 bits per heavy atom. The Balaban J connectivity index is 1.36. The Bertz CT molecular complexity index is 1250. The van der Waals surface area contributed by atoms with Gasteiger partial charge in [0.15, 0.2) is 0 Å². The minimum Gasteiger partial charge on any atom is -0.497 e. The Labute approximate surface area is 186 Å². The van der Waals surface area contributed by atoms with Gasteiger partial charge in [0, 0.05) is 35.3 Å². The summed E-state index contributed by atoms with van der Waals surface area (Å²) in [6, 6.07) is 22.3. The first-order valence-electron chi connectivity index (χ1n) is 10.5. The molecule has 1 heterocycles. The van der Waals surface area contributed by atoms with Crippen molar-refractivity contribution in [1.82, 2.24) is 4.98 Å². The normalized spacial score (nSPS) is 10.7. The van der Waals surface area contributed by atoms with E-state index in [1.165, 1.54) is 10.9 Å². The van der Waals surface area contributed by atoms with E-state index < -0.39 is 0 Å². The fourth-order valence-electron chi connectivity index (χ4n) is 3.68. The van der Waals surface area contributed by atoms with Crippen LogP contribution < -0.4 is 15.4 Å². The molecule has 0 aliphatic heterocycles. The largest absolute Gasteiger partial charge is 0.497 e. The number of benzene rings is 3. The lowest BCUT2D eigenvalue weighted by molar-refractivity contribution is -0.116. The summed E-state index contributed by atoms with van der Waals surface area (Å²) in [6.07, 6.45) is 3.88. The predicted octanol–water partition coefficient (Wildman–Crippen LogP) is 5.39. The Hall–Kier alpha value is -4.06. The highest BCUT2D eigenvalue weighted by molar-refractivity contribution is 6.10. The van der Waals surface area contributed by atoms with Gasteiger partial charge < -0.3 is 20.4 Å². The molecule has 4 rings (SSSR count). The summed E-state index contributed by atoms with van der Waals surface area (Å²) in [7, 11) is 1.57. The first kappa shape index (κ1) is 21.2. The van der Waals surface area contributed by atoms with Crippen molar-refractivity contribution in [2.45, 2.75) is 19.3 Å². The molecule has 3 aromatic carbocycles. The molecule has 0 saturated carbocycles. The van der Waals surface area contributed by atoms with Crippen molar-refractivity contribution in [3.05, 3.63) is 90.1 Å². The van der Waals surface area contributed by atoms with Crippen LogP contribution in [0.1, 0.15) is 28.8 Å². The Kier molecular flexibility index (Phi) is 6.51. The number of para-hydroxylation sites is 2. The van der Waals surface area contributed by atoms with Crippen LogP contribution in [0, 0.1) is 0 Å². The van der Waals surface area contributed by atoms with Gasteiger partial charge in [-0.05, 0) is 48.7 Å². The van der Waals surface area contributed by atoms with Crippen molar-refractivity contribution in [3.8, 4) is 5.75 Å². The van der Waals surface area contributed by atoms with E-state index in [2.05, 4.69) is 21.7 Å². The molecule has 32 heavy (non-hydrogen) atoms. The molecule has 1 aromatic heterocycles. The molecule has 0 spiro atoms. The first-order valence-corrected chi connectivity index (χ1v) is 10.5. The van der Waals surface area contributed by atoms with E-state index >= 15 is 0 Å². The van der Waals surface area contributed by atoms with Crippen LogP contribution in [0.3, 0.4) is 0 Å². The van der Waals surface area contributed by atoms with Crippen LogP contribution in [0.2, 0.25) is 0 Å². The van der Waals surface area contributed by atoms with E-state index in [0.29, 0.717) is 35.5 Å². The molecule has 0 aliphatic rings. The lowest BCUT2D eigenvalue weighted by atomic mass is 10.1. The zero-order chi connectivity index (χ0) is 22.3. The smallest absolute Gasteiger partial charge is 0.257 e. The van der Waals surface area contributed by atoms with Gasteiger partial charge in [0.05, 0.1) is 18.4 Å². The number of aromatic amines is 1. The van der Waals surface area contributed by atoms with Crippen molar-refractivity contribution in [1.29, 1.82) is 0 Å². The van der Waals surface area contributed by atoms with Crippen molar-refractivity contribution in [2.24, 2.45) is 0 Å². The summed E-state index contributed by atoms with van der Waals surface area (Å²) < 4.78 is 5.20. The summed E-state index contributed by atoms with van der Waals surface area (Å²) in [4.78, 5) is 28.6. The lowest BCUT2D eigenvalue weighted by Gasteiger charge is -2.12. The van der Waals surface area contributed by atoms with Crippen LogP contribution in [0.25, 0.3) is 10.9 Å². The molecule has 2 amide bonds. The monoisotopic (exact) mass is 427 g/mol. The second kappa shape index (κ2) is 9.83. The highest BCUT2D eigenvalue weighted by Crippen LogP contribution is 2.22. The molecular formula is C26H25N3O3. The molecule has 0 unspecified atom stereocenters. The maximum absolute atomic E-state index is 12.8. The minimum absolute atomic E-state index is 0.119. The van der Waals surface area contributed by atoms with Crippen LogP contribution in [0.4, 0.5) is 11.4 Å². The van der Waals surface area contributed by atoms with Gasteiger partial charge in [0.1, 0.15) is 5.75 Å². The maximum atomic E-state index is 12.8. The Morgan fingerprint density at radius 2 is 1.75 bits per heavy atom. The SMILES string of the molecule is COc1cccc(NC(=O)c2ccccc2NC(=O)CCCc2c[nH]c3ccccc23)c1. The standard InChI is InChI=1S/C26H25N3O3/c1-32-20-10-7-9-19(16-20)28-26(31)22-12-3-5-14-24(22)29-25(30)15-6-8-18-17-27-23-13-4-2-11-21(18)23/h2-5,7,9-14,16-17,27H,6,8,15H2,1H3,(H,28,31)(H,29,30). The fourth-order valence-corrected chi connectivity index (χ4v) is 3.68. The molecule has 6 nitrogen and oxygen atoms in total. The number of hydrogen-bond acceptors (Lipinski definition) is 3. The minimum atomic E-state index is -0.298. The second-order valence-corrected chi connectivity index (χ2v) is 7.49. The van der Waals surface area contributed by atoms with E-state index in [-0.39, 0.29) is 11.8 Å². The first-order chi connectivity index (χ1) is 15.6. The van der Waals surface area contributed by atoms with E-state index in [9.17, 15) is 9.59 Å². The zero-order valence-corrected chi connectivity index (χ0v) is 17.9. The van der Waals surface area contributed by atoms with Crippen LogP contribution in [0.5, 0.6) is 5.75 Å². The number of carbonyl (C=O) groups excluding carboxylic acids is 2. The molecule has 0 bridgehead atoms. The van der Waals surface area contributed by atoms with E-state index in [1.54, 1.807) is 55.6 Å². The molecule has 0 radical (unpaired) electrons. The topological polar surface area (TPSA) is 83.2 Å². The predicted molar refractivity (Wildman–Crippen MR) is 127 cm³/mol. The average molecular weight is 428 g/mol. The van der Waals surface area contributed by atoms with E-state index in [4.69, 9.17) is 4.74 Å². The number of hydrogen-bond donors (Lipinski definition) is 3. The number of methoxy groups -OCH3 is 1. The number of ether oxygens (including phenoxy) is 1. The van der Waals surface area contributed by atoms with Gasteiger partial charge in [0.2, 0.25) is 5.91 Å². The maximum Gasteiger partial charge on any atom is 0.257 e. The number of rotatable bonds is 8. The highest BCUT2D eigenvalue weighted by Gasteiger charge is 2.14. The van der Waals surface area contributed by atoms with Crippen molar-refractivity contribution in [2.75, 3.05) is 17.7 Å². The van der Waals surface area contributed by atoms with Crippen LogP contribution in [-0.4, -0.2) is 23.9 Å². The quantitative estimate of drug-likeness (QED) is 0.352. The molecule has 0 fully saturated rings. The Morgan fingerprint density at radius 3 is 2.62 bits per heavy atom. The number of fused-ring (bicyclic) bond motifs is 1. The van der Waals surface area contributed by atoms with Crippen LogP contribution in [-0.2, 0) is 11.2 Å². The number of nitrogens with one attached hydrogen (secondary N) is 3. The van der Waals surface area contributed by atoms with Crippen LogP contribution in [0.15, 0.2) is 79.0 Å². The molecule has 3 N–H and O–H groups in total. The molecule has 4 aromatic rings. The van der Waals surface area contributed by atoms with Gasteiger partial charge in [0.25, 0.3) is 5.91 Å². The highest BCUT2D eigenvalue weighted by atomic mass is 16.5. The van der Waals surface area contributed by atoms with Gasteiger partial charge in [-0.3, -0.25) is 9.59 Å². The molecule has 0 aliphatic carbocycles. The molecule has 162 valence electrons. The van der Waals surface area contributed by atoms with Crippen molar-refractivity contribution < 1.29 is 14.3 Å². The van der Waals surface area contributed by atoms with Gasteiger partial charge in [-0.1, -0.05) is 36.4 Å². The van der Waals surface area contributed by atoms with Crippen LogP contribution >= 0.6 is 0 Å². The summed E-state index contributed by atoms with van der Waals surface area (Å²) in [5.74, 6) is 0.235. The summed E-state index contributed by atoms with van der Waals surface area (Å²) in [5.41, 5.74) is 3.81. The third-order valence-corrected chi connectivity index (χ3v) is 5.30. The molecule has 6 heteroatoms. The molecular weight excluding hydrogens is 402 g/mol. The summed E-state index contributed by atoms with van der Waals surface area (Å²) in [6.45, 7) is 0. The van der Waals surface area contributed by atoms with Gasteiger partial charge in [-0.15, -0.1) is 0 Å². The van der Waals surface area contributed by atoms with E-state index in [1.807, 2.05) is 24.4 Å². The fraction of sp³-hybridized carbons (Fsp3) is 0.154. The number of amides is 2. The molecule has 0 saturated heterocycles. The number of carbonyl (C=O) groups is 2. The lowest BCUT2D eigenvalue weighted by Crippen LogP contribution is -2.18. The third kappa shape index (κ3) is 4.98.